The minimum absolute atomic E-state index is 0.0876. The molecule has 0 amide bonds. The smallest absolute Gasteiger partial charge is 0.384 e. The number of aliphatic hydroxyl groups excluding tert-OH is 1. The molecule has 0 bridgehead atoms. The number of hydrogen-bond donors (Lipinski definition) is 1. The highest BCUT2D eigenvalue weighted by Crippen LogP contribution is 2.28. The molecule has 3 aromatic rings. The maximum atomic E-state index is 12.4. The Kier molecular flexibility index (Phi) is 6.28. The Bertz CT molecular complexity index is 921. The monoisotopic (exact) mass is 425 g/mol. The van der Waals surface area contributed by atoms with Crippen LogP contribution >= 0.6 is 23.2 Å². The lowest BCUT2D eigenvalue weighted by Gasteiger charge is -2.13. The Hall–Kier alpha value is -2.08. The van der Waals surface area contributed by atoms with E-state index in [-0.39, 0.29) is 5.69 Å². The van der Waals surface area contributed by atoms with Crippen molar-refractivity contribution in [1.29, 1.82) is 0 Å². The second kappa shape index (κ2) is 8.52. The molecule has 1 heterocycles. The van der Waals surface area contributed by atoms with E-state index in [1.807, 2.05) is 12.1 Å². The van der Waals surface area contributed by atoms with E-state index >= 15 is 0 Å². The normalized spacial score (nSPS) is 12.8. The summed E-state index contributed by atoms with van der Waals surface area (Å²) >= 11 is 12.4. The lowest BCUT2D eigenvalue weighted by molar-refractivity contribution is -0.127. The van der Waals surface area contributed by atoms with Crippen LogP contribution in [-0.4, -0.2) is 16.3 Å². The first-order valence-electron chi connectivity index (χ1n) is 8.44. The predicted octanol–water partition coefficient (Wildman–Crippen LogP) is 6.17. The number of aliphatic hydroxyl groups is 1. The molecule has 0 aliphatic carbocycles. The molecule has 28 heavy (non-hydrogen) atoms. The maximum absolute atomic E-state index is 12.4. The van der Waals surface area contributed by atoms with Crippen LogP contribution in [0.3, 0.4) is 0 Å². The van der Waals surface area contributed by atoms with Crippen LogP contribution in [0.2, 0.25) is 10.0 Å². The highest BCUT2D eigenvalue weighted by Gasteiger charge is 2.28. The van der Waals surface area contributed by atoms with Crippen molar-refractivity contribution in [3.05, 3.63) is 98.8 Å². The van der Waals surface area contributed by atoms with Crippen LogP contribution in [-0.2, 0) is 12.8 Å². The van der Waals surface area contributed by atoms with Gasteiger partial charge < -0.3 is 5.11 Å². The molecule has 2 nitrogen and oxygen atoms in total. The molecule has 0 fully saturated rings. The molecule has 146 valence electrons. The zero-order valence-corrected chi connectivity index (χ0v) is 16.1. The summed E-state index contributed by atoms with van der Waals surface area (Å²) in [6.07, 6.45) is -4.58. The fourth-order valence-electron chi connectivity index (χ4n) is 2.82. The molecule has 1 N–H and O–H groups in total. The van der Waals surface area contributed by atoms with Crippen molar-refractivity contribution in [2.45, 2.75) is 25.1 Å². The molecule has 3 rings (SSSR count). The number of rotatable bonds is 5. The van der Waals surface area contributed by atoms with E-state index in [2.05, 4.69) is 4.98 Å². The van der Waals surface area contributed by atoms with Crippen molar-refractivity contribution in [1.82, 2.24) is 4.98 Å². The summed E-state index contributed by atoms with van der Waals surface area (Å²) in [7, 11) is 0. The minimum atomic E-state index is -4.31. The number of pyridine rings is 1. The summed E-state index contributed by atoms with van der Waals surface area (Å²) in [6.45, 7) is 0. The Morgan fingerprint density at radius 3 is 2.04 bits per heavy atom. The summed E-state index contributed by atoms with van der Waals surface area (Å²) in [4.78, 5) is 3.79. The zero-order chi connectivity index (χ0) is 20.3. The molecule has 0 saturated carbocycles. The number of nitrogens with zero attached hydrogens (tertiary/aromatic N) is 1. The molecule has 0 aliphatic heterocycles. The van der Waals surface area contributed by atoms with Crippen molar-refractivity contribution in [3.8, 4) is 0 Å². The molecule has 2 aromatic carbocycles. The highest BCUT2D eigenvalue weighted by molar-refractivity contribution is 6.36. The molecular formula is C21H16Cl2F3NO. The zero-order valence-electron chi connectivity index (χ0n) is 14.5. The average Bonchev–Trinajstić information content (AvgIpc) is 2.64. The number of benzene rings is 2. The quantitative estimate of drug-likeness (QED) is 0.530. The highest BCUT2D eigenvalue weighted by atomic mass is 35.5. The van der Waals surface area contributed by atoms with Gasteiger partial charge in [-0.05, 0) is 34.9 Å². The second-order valence-corrected chi connectivity index (χ2v) is 7.21. The van der Waals surface area contributed by atoms with Crippen LogP contribution < -0.4 is 0 Å². The third kappa shape index (κ3) is 5.25. The van der Waals surface area contributed by atoms with Crippen molar-refractivity contribution in [3.63, 3.8) is 0 Å². The number of hydrogen-bond acceptors (Lipinski definition) is 2. The van der Waals surface area contributed by atoms with Crippen LogP contribution in [0.5, 0.6) is 0 Å². The van der Waals surface area contributed by atoms with Gasteiger partial charge in [-0.15, -0.1) is 0 Å². The Morgan fingerprint density at radius 1 is 0.893 bits per heavy atom. The lowest BCUT2D eigenvalue weighted by atomic mass is 9.99. The third-order valence-electron chi connectivity index (χ3n) is 4.28. The SMILES string of the molecule is OC(c1ccc(Cc2c(Cl)cccc2Cl)cc1)c1ccc(CC(F)(F)F)nc1. The standard InChI is InChI=1S/C21H16Cl2F3NO/c22-18-2-1-3-19(23)17(18)10-13-4-6-14(7-5-13)20(28)15-8-9-16(27-12-15)11-21(24,25)26/h1-9,12,20,28H,10-11H2. The minimum Gasteiger partial charge on any atom is -0.384 e. The van der Waals surface area contributed by atoms with E-state index in [4.69, 9.17) is 23.2 Å². The molecule has 0 spiro atoms. The van der Waals surface area contributed by atoms with Gasteiger partial charge in [0.15, 0.2) is 0 Å². The van der Waals surface area contributed by atoms with Crippen molar-refractivity contribution in [2.24, 2.45) is 0 Å². The molecule has 0 saturated heterocycles. The van der Waals surface area contributed by atoms with Crippen molar-refractivity contribution < 1.29 is 18.3 Å². The Morgan fingerprint density at radius 2 is 1.50 bits per heavy atom. The Labute approximate surface area is 170 Å². The lowest BCUT2D eigenvalue weighted by Crippen LogP contribution is -2.13. The van der Waals surface area contributed by atoms with Gasteiger partial charge in [0.05, 0.1) is 6.42 Å². The van der Waals surface area contributed by atoms with Crippen LogP contribution in [0.15, 0.2) is 60.8 Å². The second-order valence-electron chi connectivity index (χ2n) is 6.40. The Balaban J connectivity index is 1.72. The van der Waals surface area contributed by atoms with Crippen LogP contribution in [0.1, 0.15) is 34.1 Å². The molecular weight excluding hydrogens is 410 g/mol. The summed E-state index contributed by atoms with van der Waals surface area (Å²) in [5.41, 5.74) is 2.73. The molecule has 0 aliphatic rings. The van der Waals surface area contributed by atoms with E-state index in [9.17, 15) is 18.3 Å². The first-order valence-corrected chi connectivity index (χ1v) is 9.20. The molecule has 7 heteroatoms. The molecule has 0 radical (unpaired) electrons. The number of aromatic nitrogens is 1. The summed E-state index contributed by atoms with van der Waals surface area (Å²) in [5.74, 6) is 0. The number of alkyl halides is 3. The van der Waals surface area contributed by atoms with Gasteiger partial charge in [-0.1, -0.05) is 59.6 Å². The van der Waals surface area contributed by atoms with Gasteiger partial charge in [-0.2, -0.15) is 13.2 Å². The van der Waals surface area contributed by atoms with Gasteiger partial charge in [0.2, 0.25) is 0 Å². The fraction of sp³-hybridized carbons (Fsp3) is 0.190. The van der Waals surface area contributed by atoms with Crippen LogP contribution in [0, 0.1) is 0 Å². The van der Waals surface area contributed by atoms with E-state index in [1.54, 1.807) is 30.3 Å². The van der Waals surface area contributed by atoms with Crippen LogP contribution in [0.25, 0.3) is 0 Å². The molecule has 1 aromatic heterocycles. The van der Waals surface area contributed by atoms with Crippen molar-refractivity contribution >= 4 is 23.2 Å². The van der Waals surface area contributed by atoms with Gasteiger partial charge in [-0.3, -0.25) is 4.98 Å². The molecule has 1 unspecified atom stereocenters. The largest absolute Gasteiger partial charge is 0.394 e. The van der Waals surface area contributed by atoms with E-state index in [0.717, 1.165) is 11.1 Å². The van der Waals surface area contributed by atoms with Gasteiger partial charge >= 0.3 is 6.18 Å². The van der Waals surface area contributed by atoms with Crippen molar-refractivity contribution in [2.75, 3.05) is 0 Å². The van der Waals surface area contributed by atoms with E-state index in [0.29, 0.717) is 27.6 Å². The van der Waals surface area contributed by atoms with Gasteiger partial charge in [0.1, 0.15) is 6.10 Å². The topological polar surface area (TPSA) is 33.1 Å². The predicted molar refractivity (Wildman–Crippen MR) is 104 cm³/mol. The van der Waals surface area contributed by atoms with Gasteiger partial charge in [0, 0.05) is 33.9 Å². The van der Waals surface area contributed by atoms with Gasteiger partial charge in [-0.25, -0.2) is 0 Å². The van der Waals surface area contributed by atoms with Crippen LogP contribution in [0.4, 0.5) is 13.2 Å². The third-order valence-corrected chi connectivity index (χ3v) is 4.99. The van der Waals surface area contributed by atoms with Gasteiger partial charge in [0.25, 0.3) is 0 Å². The van der Waals surface area contributed by atoms with E-state index < -0.39 is 18.7 Å². The first-order chi connectivity index (χ1) is 13.2. The molecule has 1 atom stereocenters. The summed E-state index contributed by atoms with van der Waals surface area (Å²) < 4.78 is 37.2. The maximum Gasteiger partial charge on any atom is 0.394 e. The first kappa shape index (κ1) is 20.6. The van der Waals surface area contributed by atoms with E-state index in [1.165, 1.54) is 18.3 Å². The number of halogens is 5. The summed E-state index contributed by atoms with van der Waals surface area (Å²) in [6, 6.07) is 15.3. The average molecular weight is 426 g/mol. The summed E-state index contributed by atoms with van der Waals surface area (Å²) in [5, 5.41) is 11.6. The fourth-order valence-corrected chi connectivity index (χ4v) is 3.35.